The molecule has 0 saturated carbocycles. The Labute approximate surface area is 134 Å². The third-order valence-corrected chi connectivity index (χ3v) is 4.23. The standard InChI is InChI=1S/C17H33IO/c18-16-14-12-10-8-6-4-2-1-3-5-7-9-11-13-15-17-19/h11,13,19H,1-10,12,14-17H2/b13-11+. The normalized spacial score (nSPS) is 11.5. The Kier molecular flexibility index (Phi) is 18.8. The van der Waals surface area contributed by atoms with E-state index in [1.54, 1.807) is 0 Å². The zero-order valence-corrected chi connectivity index (χ0v) is 14.7. The van der Waals surface area contributed by atoms with Crippen molar-refractivity contribution in [2.24, 2.45) is 0 Å². The van der Waals surface area contributed by atoms with Crippen molar-refractivity contribution in [1.82, 2.24) is 0 Å². The molecule has 0 saturated heterocycles. The van der Waals surface area contributed by atoms with E-state index in [0.717, 1.165) is 6.42 Å². The van der Waals surface area contributed by atoms with Crippen LogP contribution in [0.3, 0.4) is 0 Å². The molecular weight excluding hydrogens is 347 g/mol. The predicted molar refractivity (Wildman–Crippen MR) is 95.1 cm³/mol. The van der Waals surface area contributed by atoms with Gasteiger partial charge in [0.05, 0.1) is 0 Å². The highest BCUT2D eigenvalue weighted by Gasteiger charge is 1.92. The van der Waals surface area contributed by atoms with Crippen LogP contribution in [0.25, 0.3) is 0 Å². The van der Waals surface area contributed by atoms with E-state index in [1.165, 1.54) is 81.5 Å². The Balaban J connectivity index is 2.95. The van der Waals surface area contributed by atoms with Crippen molar-refractivity contribution in [1.29, 1.82) is 0 Å². The highest BCUT2D eigenvalue weighted by Crippen LogP contribution is 2.12. The van der Waals surface area contributed by atoms with E-state index < -0.39 is 0 Å². The molecule has 0 spiro atoms. The average molecular weight is 380 g/mol. The van der Waals surface area contributed by atoms with E-state index in [2.05, 4.69) is 34.7 Å². The van der Waals surface area contributed by atoms with E-state index >= 15 is 0 Å². The first-order valence-corrected chi connectivity index (χ1v) is 9.76. The van der Waals surface area contributed by atoms with Crippen molar-refractivity contribution >= 4 is 22.6 Å². The number of aliphatic hydroxyl groups is 1. The first-order chi connectivity index (χ1) is 9.41. The van der Waals surface area contributed by atoms with Crippen LogP contribution >= 0.6 is 22.6 Å². The van der Waals surface area contributed by atoms with Gasteiger partial charge in [-0.25, -0.2) is 0 Å². The maximum Gasteiger partial charge on any atom is 0.0465 e. The van der Waals surface area contributed by atoms with Crippen LogP contribution in [0.15, 0.2) is 12.2 Å². The predicted octanol–water partition coefficient (Wildman–Crippen LogP) is 6.04. The van der Waals surface area contributed by atoms with Crippen LogP contribution in [0.2, 0.25) is 0 Å². The third-order valence-electron chi connectivity index (χ3n) is 3.47. The minimum absolute atomic E-state index is 0.286. The number of hydrogen-bond acceptors (Lipinski definition) is 1. The number of allylic oxidation sites excluding steroid dienone is 1. The zero-order chi connectivity index (χ0) is 14.0. The molecule has 0 unspecified atom stereocenters. The van der Waals surface area contributed by atoms with Gasteiger partial charge in [0.15, 0.2) is 0 Å². The van der Waals surface area contributed by atoms with Gasteiger partial charge in [-0.15, -0.1) is 0 Å². The van der Waals surface area contributed by atoms with Gasteiger partial charge < -0.3 is 5.11 Å². The summed E-state index contributed by atoms with van der Waals surface area (Å²) in [5, 5.41) is 8.62. The molecule has 1 N–H and O–H groups in total. The van der Waals surface area contributed by atoms with Crippen molar-refractivity contribution in [3.8, 4) is 0 Å². The molecule has 0 atom stereocenters. The molecule has 0 aromatic carbocycles. The molecular formula is C17H33IO. The zero-order valence-electron chi connectivity index (χ0n) is 12.6. The van der Waals surface area contributed by atoms with Gasteiger partial charge >= 0.3 is 0 Å². The van der Waals surface area contributed by atoms with Crippen LogP contribution in [0.1, 0.15) is 83.5 Å². The van der Waals surface area contributed by atoms with E-state index in [1.807, 2.05) is 0 Å². The quantitative estimate of drug-likeness (QED) is 0.159. The lowest BCUT2D eigenvalue weighted by molar-refractivity contribution is 0.302. The summed E-state index contributed by atoms with van der Waals surface area (Å²) in [5.74, 6) is 0. The summed E-state index contributed by atoms with van der Waals surface area (Å²) in [7, 11) is 0. The van der Waals surface area contributed by atoms with Crippen molar-refractivity contribution in [2.75, 3.05) is 11.0 Å². The Hall–Kier alpha value is 0.430. The van der Waals surface area contributed by atoms with Gasteiger partial charge in [-0.3, -0.25) is 0 Å². The molecule has 0 bridgehead atoms. The first-order valence-electron chi connectivity index (χ1n) is 8.23. The minimum atomic E-state index is 0.286. The monoisotopic (exact) mass is 380 g/mol. The van der Waals surface area contributed by atoms with Crippen LogP contribution in [0.4, 0.5) is 0 Å². The SMILES string of the molecule is OCC/C=C/CCCCCCCCCCCCCI. The van der Waals surface area contributed by atoms with Gasteiger partial charge in [-0.1, -0.05) is 92.5 Å². The summed E-state index contributed by atoms with van der Waals surface area (Å²) in [6.45, 7) is 0.286. The molecule has 2 heteroatoms. The second-order valence-corrected chi connectivity index (χ2v) is 6.43. The Morgan fingerprint density at radius 1 is 0.579 bits per heavy atom. The summed E-state index contributed by atoms with van der Waals surface area (Å²) >= 11 is 2.47. The lowest BCUT2D eigenvalue weighted by Gasteiger charge is -2.02. The van der Waals surface area contributed by atoms with Gasteiger partial charge in [-0.05, 0) is 30.1 Å². The Bertz CT molecular complexity index is 180. The molecule has 1 nitrogen and oxygen atoms in total. The van der Waals surface area contributed by atoms with Crippen molar-refractivity contribution < 1.29 is 5.11 Å². The van der Waals surface area contributed by atoms with Gasteiger partial charge in [0.2, 0.25) is 0 Å². The summed E-state index contributed by atoms with van der Waals surface area (Å²) < 4.78 is 1.33. The molecule has 19 heavy (non-hydrogen) atoms. The highest BCUT2D eigenvalue weighted by molar-refractivity contribution is 14.1. The van der Waals surface area contributed by atoms with Gasteiger partial charge in [0.1, 0.15) is 0 Å². The second-order valence-electron chi connectivity index (χ2n) is 5.35. The molecule has 114 valence electrons. The lowest BCUT2D eigenvalue weighted by Crippen LogP contribution is -1.83. The summed E-state index contributed by atoms with van der Waals surface area (Å²) in [4.78, 5) is 0. The number of alkyl halides is 1. The lowest BCUT2D eigenvalue weighted by atomic mass is 10.1. The summed E-state index contributed by atoms with van der Waals surface area (Å²) in [5.41, 5.74) is 0. The largest absolute Gasteiger partial charge is 0.396 e. The second kappa shape index (κ2) is 18.4. The molecule has 0 radical (unpaired) electrons. The fraction of sp³-hybridized carbons (Fsp3) is 0.882. The fourth-order valence-electron chi connectivity index (χ4n) is 2.26. The maximum atomic E-state index is 8.62. The van der Waals surface area contributed by atoms with Crippen LogP contribution in [-0.2, 0) is 0 Å². The number of hydrogen-bond donors (Lipinski definition) is 1. The molecule has 0 aromatic heterocycles. The number of aliphatic hydroxyl groups excluding tert-OH is 1. The third kappa shape index (κ3) is 18.4. The molecule has 0 aliphatic carbocycles. The first kappa shape index (κ1) is 19.4. The molecule has 0 aromatic rings. The molecule has 0 fully saturated rings. The Morgan fingerprint density at radius 2 is 1.00 bits per heavy atom. The molecule has 0 amide bonds. The van der Waals surface area contributed by atoms with E-state index in [9.17, 15) is 0 Å². The van der Waals surface area contributed by atoms with Gasteiger partial charge in [0.25, 0.3) is 0 Å². The number of halogens is 1. The smallest absolute Gasteiger partial charge is 0.0465 e. The van der Waals surface area contributed by atoms with Crippen LogP contribution in [-0.4, -0.2) is 16.1 Å². The summed E-state index contributed by atoms with van der Waals surface area (Å²) in [6, 6.07) is 0. The van der Waals surface area contributed by atoms with Crippen LogP contribution < -0.4 is 0 Å². The van der Waals surface area contributed by atoms with Crippen molar-refractivity contribution in [2.45, 2.75) is 83.5 Å². The summed E-state index contributed by atoms with van der Waals surface area (Å²) in [6.07, 6.45) is 21.9. The van der Waals surface area contributed by atoms with Crippen molar-refractivity contribution in [3.05, 3.63) is 12.2 Å². The molecule has 0 rings (SSSR count). The fourth-order valence-corrected chi connectivity index (χ4v) is 2.80. The highest BCUT2D eigenvalue weighted by atomic mass is 127. The molecule has 0 heterocycles. The van der Waals surface area contributed by atoms with Gasteiger partial charge in [-0.2, -0.15) is 0 Å². The van der Waals surface area contributed by atoms with Crippen molar-refractivity contribution in [3.63, 3.8) is 0 Å². The maximum absolute atomic E-state index is 8.62. The average Bonchev–Trinajstić information content (AvgIpc) is 2.43. The molecule has 0 aliphatic heterocycles. The van der Waals surface area contributed by atoms with E-state index in [-0.39, 0.29) is 6.61 Å². The topological polar surface area (TPSA) is 20.2 Å². The minimum Gasteiger partial charge on any atom is -0.396 e. The number of rotatable bonds is 15. The molecule has 0 aliphatic rings. The van der Waals surface area contributed by atoms with E-state index in [4.69, 9.17) is 5.11 Å². The van der Waals surface area contributed by atoms with Gasteiger partial charge in [0, 0.05) is 6.61 Å². The van der Waals surface area contributed by atoms with Crippen LogP contribution in [0, 0.1) is 0 Å². The Morgan fingerprint density at radius 3 is 1.47 bits per heavy atom. The van der Waals surface area contributed by atoms with E-state index in [0.29, 0.717) is 0 Å². The van der Waals surface area contributed by atoms with Crippen LogP contribution in [0.5, 0.6) is 0 Å². The number of unbranched alkanes of at least 4 members (excludes halogenated alkanes) is 11.